The fourth-order valence-electron chi connectivity index (χ4n) is 1.87. The Bertz CT molecular complexity index is 770. The van der Waals surface area contributed by atoms with Crippen LogP contribution in [0.25, 0.3) is 11.1 Å². The number of ether oxygens (including phenoxy) is 1. The van der Waals surface area contributed by atoms with Gasteiger partial charge in [0.05, 0.1) is 0 Å². The molecule has 1 aromatic heterocycles. The zero-order chi connectivity index (χ0) is 15.4. The van der Waals surface area contributed by atoms with Crippen LogP contribution < -0.4 is 0 Å². The van der Waals surface area contributed by atoms with Crippen LogP contribution >= 0.6 is 27.7 Å². The van der Waals surface area contributed by atoms with Crippen molar-refractivity contribution in [2.24, 2.45) is 0 Å². The van der Waals surface area contributed by atoms with E-state index in [2.05, 4.69) is 20.9 Å². The van der Waals surface area contributed by atoms with Gasteiger partial charge in [0.15, 0.2) is 5.58 Å². The maximum absolute atomic E-state index is 11.8. The highest BCUT2D eigenvalue weighted by Gasteiger charge is 2.10. The molecule has 1 heterocycles. The molecule has 6 heteroatoms. The smallest absolute Gasteiger partial charge is 0.316 e. The molecule has 0 unspecified atom stereocenters. The van der Waals surface area contributed by atoms with Crippen LogP contribution in [0.4, 0.5) is 0 Å². The fourth-order valence-corrected chi connectivity index (χ4v) is 2.95. The highest BCUT2D eigenvalue weighted by Crippen LogP contribution is 2.23. The lowest BCUT2D eigenvalue weighted by Crippen LogP contribution is -2.07. The molecule has 2 aromatic carbocycles. The minimum atomic E-state index is -0.299. The molecule has 0 bridgehead atoms. The second kappa shape index (κ2) is 6.98. The number of hydrogen-bond donors (Lipinski definition) is 0. The maximum atomic E-state index is 11.8. The molecular formula is C16H12BrNO3S. The SMILES string of the molecule is O=C(CSc1nc2ccccc2o1)OCc1cccc(Br)c1. The van der Waals surface area contributed by atoms with Crippen molar-refractivity contribution in [3.63, 3.8) is 0 Å². The Labute approximate surface area is 140 Å². The molecule has 0 fully saturated rings. The van der Waals surface area contributed by atoms with E-state index in [0.29, 0.717) is 10.8 Å². The van der Waals surface area contributed by atoms with Gasteiger partial charge in [0.1, 0.15) is 17.9 Å². The van der Waals surface area contributed by atoms with E-state index in [9.17, 15) is 4.79 Å². The largest absolute Gasteiger partial charge is 0.460 e. The van der Waals surface area contributed by atoms with Crippen LogP contribution in [-0.4, -0.2) is 16.7 Å². The molecule has 0 spiro atoms. The van der Waals surface area contributed by atoms with E-state index in [-0.39, 0.29) is 18.3 Å². The number of esters is 1. The lowest BCUT2D eigenvalue weighted by Gasteiger charge is -2.04. The lowest BCUT2D eigenvalue weighted by atomic mass is 10.2. The van der Waals surface area contributed by atoms with Gasteiger partial charge in [0.2, 0.25) is 0 Å². The highest BCUT2D eigenvalue weighted by atomic mass is 79.9. The van der Waals surface area contributed by atoms with Gasteiger partial charge in [0, 0.05) is 4.47 Å². The van der Waals surface area contributed by atoms with Crippen LogP contribution in [0.1, 0.15) is 5.56 Å². The highest BCUT2D eigenvalue weighted by molar-refractivity contribution is 9.10. The first kappa shape index (κ1) is 15.1. The first-order valence-corrected chi connectivity index (χ1v) is 8.37. The van der Waals surface area contributed by atoms with Gasteiger partial charge in [-0.3, -0.25) is 4.79 Å². The Kier molecular flexibility index (Phi) is 4.80. The minimum Gasteiger partial charge on any atom is -0.460 e. The molecule has 0 saturated heterocycles. The average Bonchev–Trinajstić information content (AvgIpc) is 2.94. The molecule has 0 N–H and O–H groups in total. The van der Waals surface area contributed by atoms with Crippen molar-refractivity contribution < 1.29 is 13.9 Å². The zero-order valence-corrected chi connectivity index (χ0v) is 13.9. The van der Waals surface area contributed by atoms with Gasteiger partial charge >= 0.3 is 5.97 Å². The molecular weight excluding hydrogens is 366 g/mol. The van der Waals surface area contributed by atoms with Crippen molar-refractivity contribution in [1.82, 2.24) is 4.98 Å². The molecule has 0 saturated carbocycles. The van der Waals surface area contributed by atoms with Crippen molar-refractivity contribution in [2.45, 2.75) is 11.8 Å². The molecule has 112 valence electrons. The van der Waals surface area contributed by atoms with Crippen LogP contribution in [0.5, 0.6) is 0 Å². The number of fused-ring (bicyclic) bond motifs is 1. The van der Waals surface area contributed by atoms with Gasteiger partial charge in [-0.15, -0.1) is 0 Å². The first-order chi connectivity index (χ1) is 10.7. The molecule has 0 aliphatic rings. The summed E-state index contributed by atoms with van der Waals surface area (Å²) in [5.41, 5.74) is 2.44. The Morgan fingerprint density at radius 1 is 1.23 bits per heavy atom. The van der Waals surface area contributed by atoms with Crippen molar-refractivity contribution >= 4 is 44.8 Å². The molecule has 0 radical (unpaired) electrons. The summed E-state index contributed by atoms with van der Waals surface area (Å²) < 4.78 is 11.7. The number of nitrogens with zero attached hydrogens (tertiary/aromatic N) is 1. The Morgan fingerprint density at radius 2 is 2.09 bits per heavy atom. The maximum Gasteiger partial charge on any atom is 0.316 e. The van der Waals surface area contributed by atoms with E-state index < -0.39 is 0 Å². The van der Waals surface area contributed by atoms with E-state index in [1.54, 1.807) is 0 Å². The molecule has 0 atom stereocenters. The number of oxazole rings is 1. The molecule has 0 aliphatic carbocycles. The van der Waals surface area contributed by atoms with Gasteiger partial charge in [-0.25, -0.2) is 4.98 Å². The number of thioether (sulfide) groups is 1. The second-order valence-corrected chi connectivity index (χ2v) is 6.37. The number of para-hydroxylation sites is 2. The molecule has 3 aromatic rings. The molecule has 0 aliphatic heterocycles. The minimum absolute atomic E-state index is 0.167. The van der Waals surface area contributed by atoms with Crippen LogP contribution in [0.2, 0.25) is 0 Å². The lowest BCUT2D eigenvalue weighted by molar-refractivity contribution is -0.141. The van der Waals surface area contributed by atoms with Gasteiger partial charge in [-0.05, 0) is 29.8 Å². The van der Waals surface area contributed by atoms with E-state index in [4.69, 9.17) is 9.15 Å². The summed E-state index contributed by atoms with van der Waals surface area (Å²) in [5.74, 6) is -0.131. The van der Waals surface area contributed by atoms with Crippen LogP contribution in [0.15, 0.2) is 62.6 Å². The number of benzene rings is 2. The quantitative estimate of drug-likeness (QED) is 0.486. The number of hydrogen-bond acceptors (Lipinski definition) is 5. The van der Waals surface area contributed by atoms with Gasteiger partial charge < -0.3 is 9.15 Å². The van der Waals surface area contributed by atoms with Crippen LogP contribution in [0, 0.1) is 0 Å². The van der Waals surface area contributed by atoms with Gasteiger partial charge in [-0.1, -0.05) is 52.0 Å². The number of carbonyl (C=O) groups excluding carboxylic acids is 1. The van der Waals surface area contributed by atoms with Crippen LogP contribution in [-0.2, 0) is 16.1 Å². The Morgan fingerprint density at radius 3 is 2.91 bits per heavy atom. The van der Waals surface area contributed by atoms with Crippen LogP contribution in [0.3, 0.4) is 0 Å². The second-order valence-electron chi connectivity index (χ2n) is 4.53. The topological polar surface area (TPSA) is 52.3 Å². The summed E-state index contributed by atoms with van der Waals surface area (Å²) >= 11 is 4.61. The van der Waals surface area contributed by atoms with Crippen molar-refractivity contribution in [3.8, 4) is 0 Å². The Hall–Kier alpha value is -1.79. The summed E-state index contributed by atoms with van der Waals surface area (Å²) in [7, 11) is 0. The molecule has 22 heavy (non-hydrogen) atoms. The van der Waals surface area contributed by atoms with Crippen molar-refractivity contribution in [2.75, 3.05) is 5.75 Å². The average molecular weight is 378 g/mol. The third kappa shape index (κ3) is 3.90. The zero-order valence-electron chi connectivity index (χ0n) is 11.5. The van der Waals surface area contributed by atoms with Crippen molar-refractivity contribution in [1.29, 1.82) is 0 Å². The summed E-state index contributed by atoms with van der Waals surface area (Å²) in [4.78, 5) is 16.1. The normalized spacial score (nSPS) is 10.8. The summed E-state index contributed by atoms with van der Waals surface area (Å²) in [5, 5.41) is 0.473. The van der Waals surface area contributed by atoms with Gasteiger partial charge in [0.25, 0.3) is 5.22 Å². The van der Waals surface area contributed by atoms with Gasteiger partial charge in [-0.2, -0.15) is 0 Å². The predicted molar refractivity (Wildman–Crippen MR) is 88.7 cm³/mol. The number of aromatic nitrogens is 1. The van der Waals surface area contributed by atoms with E-state index in [1.807, 2.05) is 48.5 Å². The summed E-state index contributed by atoms with van der Waals surface area (Å²) in [6.07, 6.45) is 0. The fraction of sp³-hybridized carbons (Fsp3) is 0.125. The number of carbonyl (C=O) groups is 1. The van der Waals surface area contributed by atoms with E-state index >= 15 is 0 Å². The molecule has 4 nitrogen and oxygen atoms in total. The van der Waals surface area contributed by atoms with Crippen molar-refractivity contribution in [3.05, 3.63) is 58.6 Å². The Balaban J connectivity index is 1.51. The van der Waals surface area contributed by atoms with E-state index in [0.717, 1.165) is 15.6 Å². The molecule has 3 rings (SSSR count). The monoisotopic (exact) mass is 377 g/mol. The summed E-state index contributed by atoms with van der Waals surface area (Å²) in [6, 6.07) is 15.1. The number of rotatable bonds is 5. The number of halogens is 1. The van der Waals surface area contributed by atoms with E-state index in [1.165, 1.54) is 11.8 Å². The summed E-state index contributed by atoms with van der Waals surface area (Å²) in [6.45, 7) is 0.256. The molecule has 0 amide bonds. The predicted octanol–water partition coefficient (Wildman–Crippen LogP) is 4.43. The third-order valence-electron chi connectivity index (χ3n) is 2.88. The third-order valence-corrected chi connectivity index (χ3v) is 4.17. The standard InChI is InChI=1S/C16H12BrNO3S/c17-12-5-3-4-11(8-12)9-20-15(19)10-22-16-18-13-6-1-2-7-14(13)21-16/h1-8H,9-10H2. The first-order valence-electron chi connectivity index (χ1n) is 6.59.